The second-order valence-corrected chi connectivity index (χ2v) is 6.94. The minimum absolute atomic E-state index is 0.147. The zero-order chi connectivity index (χ0) is 18.5. The van der Waals surface area contributed by atoms with Gasteiger partial charge < -0.3 is 20.0 Å². The van der Waals surface area contributed by atoms with Crippen LogP contribution in [0.4, 0.5) is 5.69 Å². The lowest BCUT2D eigenvalue weighted by atomic mass is 10.1. The van der Waals surface area contributed by atoms with Gasteiger partial charge in [0.2, 0.25) is 0 Å². The topological polar surface area (TPSA) is 62.6 Å². The van der Waals surface area contributed by atoms with Crippen molar-refractivity contribution in [3.8, 4) is 6.07 Å². The fraction of sp³-hybridized carbons (Fsp3) is 0.500. The molecule has 3 rings (SSSR count). The van der Waals surface area contributed by atoms with Crippen LogP contribution in [0.15, 0.2) is 30.0 Å². The summed E-state index contributed by atoms with van der Waals surface area (Å²) in [5, 5.41) is 12.7. The van der Waals surface area contributed by atoms with Gasteiger partial charge in [0.15, 0.2) is 0 Å². The van der Waals surface area contributed by atoms with Crippen molar-refractivity contribution < 1.29 is 4.79 Å². The highest BCUT2D eigenvalue weighted by molar-refractivity contribution is 5.97. The number of aryl methyl sites for hydroxylation is 1. The van der Waals surface area contributed by atoms with E-state index in [4.69, 9.17) is 0 Å². The normalized spacial score (nSPS) is 18.7. The SMILES string of the molecule is Cc1cccc(N2CCN(/C=C(/C#N)C(=O)N3CCNCC3)CC2)c1C. The van der Waals surface area contributed by atoms with Gasteiger partial charge >= 0.3 is 0 Å². The van der Waals surface area contributed by atoms with Gasteiger partial charge in [-0.1, -0.05) is 12.1 Å². The van der Waals surface area contributed by atoms with Crippen molar-refractivity contribution in [1.29, 1.82) is 5.26 Å². The molecule has 0 spiro atoms. The van der Waals surface area contributed by atoms with Crippen LogP contribution >= 0.6 is 0 Å². The molecule has 0 unspecified atom stereocenters. The standard InChI is InChI=1S/C20H27N5O/c1-16-4-3-5-19(17(16)2)24-12-10-23(11-13-24)15-18(14-21)20(26)25-8-6-22-7-9-25/h3-5,15,22H,6-13H2,1-2H3/b18-15-. The van der Waals surface area contributed by atoms with Gasteiger partial charge in [-0.25, -0.2) is 0 Å². The number of anilines is 1. The van der Waals surface area contributed by atoms with Crippen molar-refractivity contribution in [2.75, 3.05) is 57.3 Å². The van der Waals surface area contributed by atoms with Gasteiger partial charge in [-0.05, 0) is 31.0 Å². The number of carbonyl (C=O) groups excluding carboxylic acids is 1. The summed E-state index contributed by atoms with van der Waals surface area (Å²) in [7, 11) is 0. The van der Waals surface area contributed by atoms with Gasteiger partial charge in [0, 0.05) is 64.2 Å². The summed E-state index contributed by atoms with van der Waals surface area (Å²) in [6.07, 6.45) is 1.75. The number of piperazine rings is 2. The molecule has 2 fully saturated rings. The Bertz CT molecular complexity index is 722. The molecule has 26 heavy (non-hydrogen) atoms. The zero-order valence-electron chi connectivity index (χ0n) is 15.7. The fourth-order valence-electron chi connectivity index (χ4n) is 3.52. The van der Waals surface area contributed by atoms with E-state index in [1.54, 1.807) is 11.1 Å². The maximum atomic E-state index is 12.5. The van der Waals surface area contributed by atoms with Crippen LogP contribution in [0.3, 0.4) is 0 Å². The number of hydrogen-bond donors (Lipinski definition) is 1. The van der Waals surface area contributed by atoms with Gasteiger partial charge in [0.05, 0.1) is 0 Å². The van der Waals surface area contributed by atoms with Crippen LogP contribution in [0.1, 0.15) is 11.1 Å². The molecule has 0 saturated carbocycles. The van der Waals surface area contributed by atoms with E-state index >= 15 is 0 Å². The van der Waals surface area contributed by atoms with Gasteiger partial charge in [-0.15, -0.1) is 0 Å². The lowest BCUT2D eigenvalue weighted by Gasteiger charge is -2.37. The Labute approximate surface area is 155 Å². The van der Waals surface area contributed by atoms with Crippen molar-refractivity contribution in [2.24, 2.45) is 0 Å². The molecule has 1 N–H and O–H groups in total. The Morgan fingerprint density at radius 1 is 1.12 bits per heavy atom. The summed E-state index contributed by atoms with van der Waals surface area (Å²) >= 11 is 0. The smallest absolute Gasteiger partial charge is 0.266 e. The van der Waals surface area contributed by atoms with Crippen molar-refractivity contribution in [3.63, 3.8) is 0 Å². The van der Waals surface area contributed by atoms with Gasteiger partial charge in [-0.2, -0.15) is 5.26 Å². The molecule has 6 nitrogen and oxygen atoms in total. The molecule has 1 amide bonds. The maximum absolute atomic E-state index is 12.5. The lowest BCUT2D eigenvalue weighted by Crippen LogP contribution is -2.47. The first-order valence-corrected chi connectivity index (χ1v) is 9.27. The van der Waals surface area contributed by atoms with E-state index in [1.807, 2.05) is 0 Å². The van der Waals surface area contributed by atoms with Crippen LogP contribution in [0, 0.1) is 25.2 Å². The summed E-state index contributed by atoms with van der Waals surface area (Å²) in [6.45, 7) is 10.6. The minimum Gasteiger partial charge on any atom is -0.373 e. The third-order valence-electron chi connectivity index (χ3n) is 5.30. The van der Waals surface area contributed by atoms with E-state index in [9.17, 15) is 10.1 Å². The zero-order valence-corrected chi connectivity index (χ0v) is 15.7. The molecule has 0 aliphatic carbocycles. The predicted molar refractivity (Wildman–Crippen MR) is 103 cm³/mol. The molecule has 1 aromatic carbocycles. The Balaban J connectivity index is 1.63. The Kier molecular flexibility index (Phi) is 5.79. The summed E-state index contributed by atoms with van der Waals surface area (Å²) < 4.78 is 0. The molecule has 1 aromatic rings. The van der Waals surface area contributed by atoms with Crippen molar-refractivity contribution in [1.82, 2.24) is 15.1 Å². The molecule has 6 heteroatoms. The second kappa shape index (κ2) is 8.24. The number of nitriles is 1. The first-order valence-electron chi connectivity index (χ1n) is 9.27. The van der Waals surface area contributed by atoms with E-state index in [1.165, 1.54) is 16.8 Å². The molecule has 2 saturated heterocycles. The monoisotopic (exact) mass is 353 g/mol. The van der Waals surface area contributed by atoms with E-state index in [0.717, 1.165) is 39.3 Å². The first kappa shape index (κ1) is 18.3. The van der Waals surface area contributed by atoms with Crippen LogP contribution in [-0.2, 0) is 4.79 Å². The number of carbonyl (C=O) groups is 1. The predicted octanol–water partition coefficient (Wildman–Crippen LogP) is 1.26. The van der Waals surface area contributed by atoms with Crippen LogP contribution in [0.25, 0.3) is 0 Å². The molecule has 2 aliphatic heterocycles. The average Bonchev–Trinajstić information content (AvgIpc) is 2.69. The number of nitrogens with zero attached hydrogens (tertiary/aromatic N) is 4. The van der Waals surface area contributed by atoms with Crippen molar-refractivity contribution in [2.45, 2.75) is 13.8 Å². The minimum atomic E-state index is -0.147. The van der Waals surface area contributed by atoms with Crippen LogP contribution in [0.2, 0.25) is 0 Å². The van der Waals surface area contributed by atoms with E-state index in [0.29, 0.717) is 13.1 Å². The fourth-order valence-corrected chi connectivity index (χ4v) is 3.52. The van der Waals surface area contributed by atoms with E-state index in [2.05, 4.69) is 53.2 Å². The van der Waals surface area contributed by atoms with Crippen LogP contribution in [-0.4, -0.2) is 68.1 Å². The average molecular weight is 353 g/mol. The van der Waals surface area contributed by atoms with Crippen molar-refractivity contribution in [3.05, 3.63) is 41.1 Å². The van der Waals surface area contributed by atoms with Crippen molar-refractivity contribution >= 4 is 11.6 Å². The highest BCUT2D eigenvalue weighted by atomic mass is 16.2. The molecule has 138 valence electrons. The molecule has 0 radical (unpaired) electrons. The molecule has 2 heterocycles. The molecular formula is C20H27N5O. The second-order valence-electron chi connectivity index (χ2n) is 6.94. The maximum Gasteiger partial charge on any atom is 0.266 e. The molecular weight excluding hydrogens is 326 g/mol. The number of nitrogens with one attached hydrogen (secondary N) is 1. The quantitative estimate of drug-likeness (QED) is 0.655. The molecule has 0 aromatic heterocycles. The summed E-state index contributed by atoms with van der Waals surface area (Å²) in [5.74, 6) is -0.147. The number of benzene rings is 1. The Morgan fingerprint density at radius 2 is 1.81 bits per heavy atom. The summed E-state index contributed by atoms with van der Waals surface area (Å²) in [4.78, 5) is 18.8. The molecule has 2 aliphatic rings. The van der Waals surface area contributed by atoms with Gasteiger partial charge in [-0.3, -0.25) is 4.79 Å². The Morgan fingerprint density at radius 3 is 2.46 bits per heavy atom. The van der Waals surface area contributed by atoms with Crippen LogP contribution in [0.5, 0.6) is 0 Å². The Hall–Kier alpha value is -2.52. The summed E-state index contributed by atoms with van der Waals surface area (Å²) in [5.41, 5.74) is 4.15. The van der Waals surface area contributed by atoms with Crippen LogP contribution < -0.4 is 10.2 Å². The highest BCUT2D eigenvalue weighted by Crippen LogP contribution is 2.24. The lowest BCUT2D eigenvalue weighted by molar-refractivity contribution is -0.127. The third-order valence-corrected chi connectivity index (χ3v) is 5.30. The van der Waals surface area contributed by atoms with Gasteiger partial charge in [0.25, 0.3) is 5.91 Å². The third kappa shape index (κ3) is 4.00. The molecule has 0 atom stereocenters. The first-order chi connectivity index (χ1) is 12.6. The molecule has 0 bridgehead atoms. The van der Waals surface area contributed by atoms with Gasteiger partial charge in [0.1, 0.15) is 11.6 Å². The summed E-state index contributed by atoms with van der Waals surface area (Å²) in [6, 6.07) is 8.51. The largest absolute Gasteiger partial charge is 0.373 e. The number of rotatable bonds is 3. The highest BCUT2D eigenvalue weighted by Gasteiger charge is 2.22. The van der Waals surface area contributed by atoms with E-state index < -0.39 is 0 Å². The van der Waals surface area contributed by atoms with E-state index in [-0.39, 0.29) is 11.5 Å². The number of hydrogen-bond acceptors (Lipinski definition) is 5. The number of amides is 1.